The Labute approximate surface area is 148 Å². The SMILES string of the molecule is CCc1cc(OCC(CC)(CC)CC)ccc1-c1ccc(C)cc1. The molecule has 24 heavy (non-hydrogen) atoms. The first kappa shape index (κ1) is 18.6. The molecule has 2 rings (SSSR count). The predicted molar refractivity (Wildman–Crippen MR) is 105 cm³/mol. The van der Waals surface area contributed by atoms with Crippen LogP contribution < -0.4 is 4.74 Å². The molecule has 1 nitrogen and oxygen atoms in total. The third-order valence-electron chi connectivity index (χ3n) is 5.62. The van der Waals surface area contributed by atoms with Crippen LogP contribution in [0.4, 0.5) is 0 Å². The smallest absolute Gasteiger partial charge is 0.119 e. The zero-order valence-electron chi connectivity index (χ0n) is 16.0. The molecule has 1 heteroatoms. The van der Waals surface area contributed by atoms with Gasteiger partial charge in [0.2, 0.25) is 0 Å². The van der Waals surface area contributed by atoms with Crippen LogP contribution in [-0.4, -0.2) is 6.61 Å². The summed E-state index contributed by atoms with van der Waals surface area (Å²) >= 11 is 0. The van der Waals surface area contributed by atoms with Gasteiger partial charge in [-0.15, -0.1) is 0 Å². The Hall–Kier alpha value is -1.76. The lowest BCUT2D eigenvalue weighted by Crippen LogP contribution is -2.26. The lowest BCUT2D eigenvalue weighted by molar-refractivity contribution is 0.127. The summed E-state index contributed by atoms with van der Waals surface area (Å²) in [6, 6.07) is 15.3. The van der Waals surface area contributed by atoms with Gasteiger partial charge in [0, 0.05) is 5.41 Å². The van der Waals surface area contributed by atoms with Crippen molar-refractivity contribution in [2.45, 2.75) is 60.3 Å². The van der Waals surface area contributed by atoms with Crippen molar-refractivity contribution in [3.63, 3.8) is 0 Å². The van der Waals surface area contributed by atoms with Crippen LogP contribution >= 0.6 is 0 Å². The summed E-state index contributed by atoms with van der Waals surface area (Å²) < 4.78 is 6.20. The second-order valence-corrected chi connectivity index (χ2v) is 6.89. The van der Waals surface area contributed by atoms with Crippen molar-refractivity contribution in [2.24, 2.45) is 5.41 Å². The zero-order valence-corrected chi connectivity index (χ0v) is 16.0. The Kier molecular flexibility index (Phi) is 6.48. The molecule has 0 aliphatic carbocycles. The van der Waals surface area contributed by atoms with Gasteiger partial charge in [-0.3, -0.25) is 0 Å². The van der Waals surface area contributed by atoms with Gasteiger partial charge in [-0.2, -0.15) is 0 Å². The van der Waals surface area contributed by atoms with Crippen molar-refractivity contribution >= 4 is 0 Å². The van der Waals surface area contributed by atoms with Crippen LogP contribution in [0.1, 0.15) is 58.1 Å². The molecule has 0 atom stereocenters. The minimum absolute atomic E-state index is 0.308. The molecule has 0 heterocycles. The predicted octanol–water partition coefficient (Wildman–Crippen LogP) is 6.82. The normalized spacial score (nSPS) is 11.5. The van der Waals surface area contributed by atoms with Crippen molar-refractivity contribution in [1.82, 2.24) is 0 Å². The van der Waals surface area contributed by atoms with E-state index in [2.05, 4.69) is 77.1 Å². The van der Waals surface area contributed by atoms with Crippen LogP contribution in [0, 0.1) is 12.3 Å². The molecule has 0 aliphatic rings. The second-order valence-electron chi connectivity index (χ2n) is 6.89. The quantitative estimate of drug-likeness (QED) is 0.517. The van der Waals surface area contributed by atoms with E-state index in [-0.39, 0.29) is 0 Å². The molecule has 2 aromatic carbocycles. The minimum atomic E-state index is 0.308. The number of rotatable bonds is 8. The number of benzene rings is 2. The highest BCUT2D eigenvalue weighted by Gasteiger charge is 2.24. The van der Waals surface area contributed by atoms with E-state index in [9.17, 15) is 0 Å². The highest BCUT2D eigenvalue weighted by atomic mass is 16.5. The van der Waals surface area contributed by atoms with Crippen LogP contribution in [0.15, 0.2) is 42.5 Å². The topological polar surface area (TPSA) is 9.23 Å². The fraction of sp³-hybridized carbons (Fsp3) is 0.478. The molecular formula is C23H32O. The number of ether oxygens (including phenoxy) is 1. The molecule has 0 aliphatic heterocycles. The first-order valence-corrected chi connectivity index (χ1v) is 9.40. The first-order chi connectivity index (χ1) is 11.6. The van der Waals surface area contributed by atoms with Gasteiger partial charge in [-0.05, 0) is 61.4 Å². The molecular weight excluding hydrogens is 292 g/mol. The molecule has 0 fully saturated rings. The van der Waals surface area contributed by atoms with Crippen LogP contribution in [0.25, 0.3) is 11.1 Å². The van der Waals surface area contributed by atoms with Crippen LogP contribution in [0.2, 0.25) is 0 Å². The van der Waals surface area contributed by atoms with E-state index in [1.165, 1.54) is 41.5 Å². The second kappa shape index (κ2) is 8.37. The fourth-order valence-corrected chi connectivity index (χ4v) is 3.26. The highest BCUT2D eigenvalue weighted by molar-refractivity contribution is 5.68. The monoisotopic (exact) mass is 324 g/mol. The van der Waals surface area contributed by atoms with E-state index in [0.717, 1.165) is 18.8 Å². The van der Waals surface area contributed by atoms with Gasteiger partial charge in [0.15, 0.2) is 0 Å². The largest absolute Gasteiger partial charge is 0.493 e. The molecule has 0 spiro atoms. The zero-order chi connectivity index (χ0) is 17.6. The Balaban J connectivity index is 2.21. The summed E-state index contributed by atoms with van der Waals surface area (Å²) in [7, 11) is 0. The molecule has 2 aromatic rings. The summed E-state index contributed by atoms with van der Waals surface area (Å²) in [5.41, 5.74) is 5.56. The fourth-order valence-electron chi connectivity index (χ4n) is 3.26. The summed E-state index contributed by atoms with van der Waals surface area (Å²) in [6.07, 6.45) is 4.52. The van der Waals surface area contributed by atoms with Crippen molar-refractivity contribution in [3.05, 3.63) is 53.6 Å². The minimum Gasteiger partial charge on any atom is -0.493 e. The standard InChI is InChI=1S/C23H32O/c1-6-19-16-21(24-17-23(7-2,8-3)9-4)14-15-22(19)20-12-10-18(5)11-13-20/h10-16H,6-9,17H2,1-5H3. The van der Waals surface area contributed by atoms with Gasteiger partial charge >= 0.3 is 0 Å². The van der Waals surface area contributed by atoms with Gasteiger partial charge < -0.3 is 4.74 Å². The Bertz CT molecular complexity index is 627. The Morgan fingerprint density at radius 2 is 1.46 bits per heavy atom. The van der Waals surface area contributed by atoms with E-state index in [4.69, 9.17) is 4.74 Å². The van der Waals surface area contributed by atoms with E-state index in [1.807, 2.05) is 0 Å². The Morgan fingerprint density at radius 3 is 2.00 bits per heavy atom. The van der Waals surface area contributed by atoms with E-state index in [1.54, 1.807) is 0 Å². The third-order valence-corrected chi connectivity index (χ3v) is 5.62. The lowest BCUT2D eigenvalue weighted by atomic mass is 9.81. The number of hydrogen-bond donors (Lipinski definition) is 0. The van der Waals surface area contributed by atoms with Gasteiger partial charge in [0.05, 0.1) is 6.61 Å². The maximum absolute atomic E-state index is 6.20. The molecule has 0 N–H and O–H groups in total. The van der Waals surface area contributed by atoms with Crippen LogP contribution in [-0.2, 0) is 6.42 Å². The van der Waals surface area contributed by atoms with Crippen molar-refractivity contribution in [2.75, 3.05) is 6.61 Å². The summed E-state index contributed by atoms with van der Waals surface area (Å²) in [5.74, 6) is 1.00. The maximum Gasteiger partial charge on any atom is 0.119 e. The number of hydrogen-bond acceptors (Lipinski definition) is 1. The van der Waals surface area contributed by atoms with Gasteiger partial charge in [-0.1, -0.05) is 63.6 Å². The molecule has 0 aromatic heterocycles. The highest BCUT2D eigenvalue weighted by Crippen LogP contribution is 2.33. The molecule has 130 valence electrons. The Morgan fingerprint density at radius 1 is 0.833 bits per heavy atom. The molecule has 0 bridgehead atoms. The maximum atomic E-state index is 6.20. The first-order valence-electron chi connectivity index (χ1n) is 9.40. The van der Waals surface area contributed by atoms with E-state index < -0.39 is 0 Å². The van der Waals surface area contributed by atoms with Crippen LogP contribution in [0.5, 0.6) is 5.75 Å². The summed E-state index contributed by atoms with van der Waals surface area (Å²) in [6.45, 7) is 12.0. The van der Waals surface area contributed by atoms with Crippen molar-refractivity contribution in [1.29, 1.82) is 0 Å². The molecule has 0 unspecified atom stereocenters. The van der Waals surface area contributed by atoms with Gasteiger partial charge in [0.1, 0.15) is 5.75 Å². The van der Waals surface area contributed by atoms with Gasteiger partial charge in [0.25, 0.3) is 0 Å². The summed E-state index contributed by atoms with van der Waals surface area (Å²) in [4.78, 5) is 0. The van der Waals surface area contributed by atoms with Crippen molar-refractivity contribution < 1.29 is 4.74 Å². The summed E-state index contributed by atoms with van der Waals surface area (Å²) in [5, 5.41) is 0. The molecule has 0 saturated carbocycles. The molecule has 0 radical (unpaired) electrons. The average Bonchev–Trinajstić information content (AvgIpc) is 2.64. The third kappa shape index (κ3) is 4.20. The van der Waals surface area contributed by atoms with Crippen molar-refractivity contribution in [3.8, 4) is 16.9 Å². The number of aryl methyl sites for hydroxylation is 2. The van der Waals surface area contributed by atoms with Gasteiger partial charge in [-0.25, -0.2) is 0 Å². The van der Waals surface area contributed by atoms with Crippen LogP contribution in [0.3, 0.4) is 0 Å². The lowest BCUT2D eigenvalue weighted by Gasteiger charge is -2.30. The van der Waals surface area contributed by atoms with E-state index in [0.29, 0.717) is 5.41 Å². The average molecular weight is 325 g/mol. The molecule has 0 amide bonds. The van der Waals surface area contributed by atoms with E-state index >= 15 is 0 Å². The molecule has 0 saturated heterocycles.